The number of hydrogen-bond donors (Lipinski definition) is 1. The Morgan fingerprint density at radius 1 is 1.26 bits per heavy atom. The second kappa shape index (κ2) is 7.50. The van der Waals surface area contributed by atoms with E-state index in [1.54, 1.807) is 29.6 Å². The van der Waals surface area contributed by atoms with E-state index in [0.29, 0.717) is 19.7 Å². The van der Waals surface area contributed by atoms with Gasteiger partial charge in [0.05, 0.1) is 30.8 Å². The molecule has 0 spiro atoms. The van der Waals surface area contributed by atoms with Crippen LogP contribution in [-0.4, -0.2) is 65.5 Å². The topological polar surface area (TPSA) is 102 Å². The van der Waals surface area contributed by atoms with Crippen LogP contribution >= 0.6 is 0 Å². The molecular formula is C19H22N4O4. The lowest BCUT2D eigenvalue weighted by molar-refractivity contribution is 0.0483. The molecule has 2 saturated heterocycles. The predicted molar refractivity (Wildman–Crippen MR) is 95.9 cm³/mol. The van der Waals surface area contributed by atoms with Gasteiger partial charge in [0.25, 0.3) is 11.8 Å². The molecule has 8 nitrogen and oxygen atoms in total. The lowest BCUT2D eigenvalue weighted by atomic mass is 10.1. The molecule has 2 aromatic rings. The third kappa shape index (κ3) is 3.72. The number of hydrogen-bond acceptors (Lipinski definition) is 6. The van der Waals surface area contributed by atoms with Crippen LogP contribution in [-0.2, 0) is 11.3 Å². The molecule has 0 saturated carbocycles. The van der Waals surface area contributed by atoms with Crippen LogP contribution in [0.5, 0.6) is 0 Å². The number of nitrogens with zero attached hydrogens (tertiary/aromatic N) is 3. The van der Waals surface area contributed by atoms with Crippen LogP contribution in [0.1, 0.15) is 26.4 Å². The molecule has 2 aromatic heterocycles. The standard InChI is InChI=1S/C19H22N4O4/c20-18(24)17-15(2-1-4-21-17)19(25)23-10-14-9-22(5-7-27-16(14)11-23)8-13-3-6-26-12-13/h1-4,6,12,14,16H,5,7-11H2,(H2,20,24)/t14-,16+/m0/s1. The van der Waals surface area contributed by atoms with Crippen LogP contribution in [0, 0.1) is 5.92 Å². The van der Waals surface area contributed by atoms with Crippen molar-refractivity contribution in [2.75, 3.05) is 32.8 Å². The Morgan fingerprint density at radius 2 is 2.15 bits per heavy atom. The Morgan fingerprint density at radius 3 is 2.93 bits per heavy atom. The van der Waals surface area contributed by atoms with Crippen LogP contribution < -0.4 is 5.73 Å². The highest BCUT2D eigenvalue weighted by Gasteiger charge is 2.39. The van der Waals surface area contributed by atoms with Crippen molar-refractivity contribution in [3.05, 3.63) is 53.7 Å². The zero-order valence-electron chi connectivity index (χ0n) is 14.9. The summed E-state index contributed by atoms with van der Waals surface area (Å²) in [5.74, 6) is -0.707. The number of ether oxygens (including phenoxy) is 1. The minimum Gasteiger partial charge on any atom is -0.472 e. The van der Waals surface area contributed by atoms with Gasteiger partial charge in [0.15, 0.2) is 0 Å². The summed E-state index contributed by atoms with van der Waals surface area (Å²) < 4.78 is 11.2. The molecule has 27 heavy (non-hydrogen) atoms. The van der Waals surface area contributed by atoms with Crippen molar-refractivity contribution in [1.29, 1.82) is 0 Å². The third-order valence-electron chi connectivity index (χ3n) is 5.16. The second-order valence-electron chi connectivity index (χ2n) is 7.01. The number of carbonyl (C=O) groups excluding carboxylic acids is 2. The summed E-state index contributed by atoms with van der Waals surface area (Å²) in [4.78, 5) is 32.5. The molecule has 2 aliphatic rings. The fourth-order valence-electron chi connectivity index (χ4n) is 3.86. The average molecular weight is 370 g/mol. The summed E-state index contributed by atoms with van der Waals surface area (Å²) in [7, 11) is 0. The first kappa shape index (κ1) is 17.7. The molecule has 2 fully saturated rings. The van der Waals surface area contributed by atoms with Crippen molar-refractivity contribution < 1.29 is 18.7 Å². The lowest BCUT2D eigenvalue weighted by Gasteiger charge is -2.23. The highest BCUT2D eigenvalue weighted by molar-refractivity contribution is 6.05. The van der Waals surface area contributed by atoms with Gasteiger partial charge in [-0.15, -0.1) is 0 Å². The zero-order valence-corrected chi connectivity index (χ0v) is 14.9. The Kier molecular flexibility index (Phi) is 4.91. The Labute approximate surface area is 156 Å². The molecule has 2 amide bonds. The van der Waals surface area contributed by atoms with Gasteiger partial charge in [-0.05, 0) is 18.2 Å². The number of nitrogens with two attached hydrogens (primary N) is 1. The molecule has 2 atom stereocenters. The van der Waals surface area contributed by atoms with Gasteiger partial charge in [0, 0.05) is 50.4 Å². The van der Waals surface area contributed by atoms with Gasteiger partial charge in [-0.1, -0.05) is 0 Å². The third-order valence-corrected chi connectivity index (χ3v) is 5.16. The van der Waals surface area contributed by atoms with Gasteiger partial charge in [0.1, 0.15) is 5.69 Å². The minimum absolute atomic E-state index is 0.00278. The zero-order chi connectivity index (χ0) is 18.8. The summed E-state index contributed by atoms with van der Waals surface area (Å²) in [5.41, 5.74) is 6.74. The number of likely N-dealkylation sites (tertiary alicyclic amines) is 1. The number of primary amides is 1. The van der Waals surface area contributed by atoms with E-state index in [1.807, 2.05) is 6.07 Å². The molecule has 0 bridgehead atoms. The van der Waals surface area contributed by atoms with Crippen molar-refractivity contribution >= 4 is 11.8 Å². The van der Waals surface area contributed by atoms with Crippen LogP contribution in [0.4, 0.5) is 0 Å². The monoisotopic (exact) mass is 370 g/mol. The summed E-state index contributed by atoms with van der Waals surface area (Å²) in [6.07, 6.45) is 4.88. The number of carbonyl (C=O) groups is 2. The molecule has 8 heteroatoms. The van der Waals surface area contributed by atoms with Crippen molar-refractivity contribution in [3.8, 4) is 0 Å². The summed E-state index contributed by atoms with van der Waals surface area (Å²) in [6.45, 7) is 4.20. The van der Waals surface area contributed by atoms with Crippen LogP contribution in [0.25, 0.3) is 0 Å². The molecule has 0 aliphatic carbocycles. The predicted octanol–water partition coefficient (Wildman–Crippen LogP) is 0.746. The van der Waals surface area contributed by atoms with Crippen molar-refractivity contribution in [3.63, 3.8) is 0 Å². The van der Waals surface area contributed by atoms with E-state index in [0.717, 1.165) is 25.2 Å². The molecule has 4 heterocycles. The van der Waals surface area contributed by atoms with Gasteiger partial charge in [0.2, 0.25) is 0 Å². The Hall–Kier alpha value is -2.71. The molecule has 142 valence electrons. The number of pyridine rings is 1. The number of furan rings is 1. The first-order valence-electron chi connectivity index (χ1n) is 9.01. The normalized spacial score (nSPS) is 23.0. The number of fused-ring (bicyclic) bond motifs is 1. The van der Waals surface area contributed by atoms with E-state index in [1.165, 1.54) is 6.20 Å². The van der Waals surface area contributed by atoms with Crippen LogP contribution in [0.2, 0.25) is 0 Å². The van der Waals surface area contributed by atoms with Gasteiger partial charge in [-0.25, -0.2) is 0 Å². The molecule has 0 unspecified atom stereocenters. The molecule has 0 radical (unpaired) electrons. The second-order valence-corrected chi connectivity index (χ2v) is 7.01. The van der Waals surface area contributed by atoms with E-state index in [9.17, 15) is 9.59 Å². The molecular weight excluding hydrogens is 348 g/mol. The van der Waals surface area contributed by atoms with Gasteiger partial charge >= 0.3 is 0 Å². The Bertz CT molecular complexity index is 823. The maximum absolute atomic E-state index is 12.9. The van der Waals surface area contributed by atoms with Crippen LogP contribution in [0.15, 0.2) is 41.3 Å². The number of aromatic nitrogens is 1. The summed E-state index contributed by atoms with van der Waals surface area (Å²) in [5, 5.41) is 0. The fourth-order valence-corrected chi connectivity index (χ4v) is 3.86. The van der Waals surface area contributed by atoms with E-state index >= 15 is 0 Å². The molecule has 0 aromatic carbocycles. The SMILES string of the molecule is NC(=O)c1ncccc1C(=O)N1C[C@@H]2CN(Cc3ccoc3)CCO[C@@H]2C1. The van der Waals surface area contributed by atoms with E-state index in [4.69, 9.17) is 14.9 Å². The largest absolute Gasteiger partial charge is 0.472 e. The quantitative estimate of drug-likeness (QED) is 0.852. The lowest BCUT2D eigenvalue weighted by Crippen LogP contribution is -2.34. The van der Waals surface area contributed by atoms with Crippen LogP contribution in [0.3, 0.4) is 0 Å². The van der Waals surface area contributed by atoms with E-state index in [2.05, 4.69) is 9.88 Å². The number of rotatable bonds is 4. The molecule has 2 N–H and O–H groups in total. The van der Waals surface area contributed by atoms with Crippen molar-refractivity contribution in [2.45, 2.75) is 12.6 Å². The molecule has 2 aliphatic heterocycles. The Balaban J connectivity index is 1.46. The maximum atomic E-state index is 12.9. The highest BCUT2D eigenvalue weighted by atomic mass is 16.5. The molecule has 4 rings (SSSR count). The van der Waals surface area contributed by atoms with Crippen molar-refractivity contribution in [2.24, 2.45) is 11.7 Å². The minimum atomic E-state index is -0.699. The smallest absolute Gasteiger partial charge is 0.268 e. The average Bonchev–Trinajstić information content (AvgIpc) is 3.27. The maximum Gasteiger partial charge on any atom is 0.268 e. The van der Waals surface area contributed by atoms with Gasteiger partial charge in [-0.3, -0.25) is 19.5 Å². The van der Waals surface area contributed by atoms with Gasteiger partial charge in [-0.2, -0.15) is 0 Å². The first-order valence-corrected chi connectivity index (χ1v) is 9.01. The van der Waals surface area contributed by atoms with E-state index < -0.39 is 5.91 Å². The van der Waals surface area contributed by atoms with Crippen molar-refractivity contribution in [1.82, 2.24) is 14.8 Å². The van der Waals surface area contributed by atoms with E-state index in [-0.39, 0.29) is 29.2 Å². The summed E-state index contributed by atoms with van der Waals surface area (Å²) in [6, 6.07) is 5.19. The summed E-state index contributed by atoms with van der Waals surface area (Å²) >= 11 is 0. The number of amides is 2. The van der Waals surface area contributed by atoms with Gasteiger partial charge < -0.3 is 19.8 Å². The first-order chi connectivity index (χ1) is 13.1. The highest BCUT2D eigenvalue weighted by Crippen LogP contribution is 2.26. The fraction of sp³-hybridized carbons (Fsp3) is 0.421.